The third kappa shape index (κ3) is 2.66. The Morgan fingerprint density at radius 2 is 1.37 bits per heavy atom. The second-order valence-electron chi connectivity index (χ2n) is 4.39. The van der Waals surface area contributed by atoms with Crippen molar-refractivity contribution in [3.63, 3.8) is 0 Å². The molecule has 0 unspecified atom stereocenters. The lowest BCUT2D eigenvalue weighted by Gasteiger charge is -2.04. The molecule has 0 bridgehead atoms. The molecule has 0 aliphatic carbocycles. The molecule has 0 fully saturated rings. The molecule has 3 rings (SSSR count). The van der Waals surface area contributed by atoms with E-state index in [0.717, 1.165) is 0 Å². The molecule has 92 valence electrons. The van der Waals surface area contributed by atoms with Gasteiger partial charge in [0.25, 0.3) is 0 Å². The van der Waals surface area contributed by atoms with Crippen LogP contribution < -0.4 is 0 Å². The van der Waals surface area contributed by atoms with Crippen molar-refractivity contribution in [3.8, 4) is 11.3 Å². The molecule has 1 aromatic heterocycles. The minimum absolute atomic E-state index is 1.20. The van der Waals surface area contributed by atoms with Gasteiger partial charge in [0, 0.05) is 12.4 Å². The molecule has 0 saturated carbocycles. The van der Waals surface area contributed by atoms with E-state index < -0.39 is 0 Å². The van der Waals surface area contributed by atoms with Crippen LogP contribution in [0.25, 0.3) is 23.5 Å². The van der Waals surface area contributed by atoms with E-state index in [1.165, 1.54) is 16.8 Å². The molecule has 0 amide bonds. The molecule has 0 aliphatic rings. The lowest BCUT2D eigenvalue weighted by atomic mass is 10.1. The zero-order valence-corrected chi connectivity index (χ0v) is 10.6. The smallest absolute Gasteiger partial charge is 0.0522 e. The maximum Gasteiger partial charge on any atom is 0.0522 e. The third-order valence-corrected chi connectivity index (χ3v) is 3.08. The van der Waals surface area contributed by atoms with E-state index in [2.05, 4.69) is 71.6 Å². The van der Waals surface area contributed by atoms with E-state index in [0.29, 0.717) is 0 Å². The Morgan fingerprint density at radius 1 is 0.684 bits per heavy atom. The van der Waals surface area contributed by atoms with Gasteiger partial charge in [-0.1, -0.05) is 60.7 Å². The topological polar surface area (TPSA) is 4.93 Å². The molecule has 0 N–H and O–H groups in total. The molecule has 0 spiro atoms. The highest BCUT2D eigenvalue weighted by atomic mass is 14.9. The highest BCUT2D eigenvalue weighted by Crippen LogP contribution is 2.20. The summed E-state index contributed by atoms with van der Waals surface area (Å²) in [5.74, 6) is 0. The van der Waals surface area contributed by atoms with Crippen molar-refractivity contribution >= 4 is 12.3 Å². The van der Waals surface area contributed by atoms with Gasteiger partial charge in [0.05, 0.1) is 5.69 Å². The fourth-order valence-electron chi connectivity index (χ4n) is 2.11. The second kappa shape index (κ2) is 5.40. The summed E-state index contributed by atoms with van der Waals surface area (Å²) < 4.78 is 2.14. The van der Waals surface area contributed by atoms with Crippen LogP contribution in [0.4, 0.5) is 0 Å². The van der Waals surface area contributed by atoms with Crippen molar-refractivity contribution in [3.05, 3.63) is 84.6 Å². The zero-order valence-electron chi connectivity index (χ0n) is 10.6. The minimum atomic E-state index is 1.20. The van der Waals surface area contributed by atoms with Gasteiger partial charge in [-0.3, -0.25) is 0 Å². The molecule has 3 aromatic rings. The maximum absolute atomic E-state index is 2.14. The highest BCUT2D eigenvalue weighted by Gasteiger charge is 2.00. The Hall–Kier alpha value is -2.54. The van der Waals surface area contributed by atoms with E-state index in [-0.39, 0.29) is 0 Å². The summed E-state index contributed by atoms with van der Waals surface area (Å²) in [6.45, 7) is 0. The number of rotatable bonds is 3. The first-order valence-corrected chi connectivity index (χ1v) is 6.39. The van der Waals surface area contributed by atoms with Crippen molar-refractivity contribution < 1.29 is 0 Å². The van der Waals surface area contributed by atoms with Gasteiger partial charge in [-0.25, -0.2) is 0 Å². The van der Waals surface area contributed by atoms with Crippen LogP contribution in [-0.2, 0) is 0 Å². The highest BCUT2D eigenvalue weighted by molar-refractivity contribution is 5.67. The van der Waals surface area contributed by atoms with Crippen molar-refractivity contribution in [1.82, 2.24) is 4.57 Å². The van der Waals surface area contributed by atoms with Gasteiger partial charge >= 0.3 is 0 Å². The quantitative estimate of drug-likeness (QED) is 0.625. The largest absolute Gasteiger partial charge is 0.323 e. The van der Waals surface area contributed by atoms with Crippen molar-refractivity contribution in [2.45, 2.75) is 0 Å². The first-order chi connectivity index (χ1) is 9.43. The fraction of sp³-hybridized carbons (Fsp3) is 0. The van der Waals surface area contributed by atoms with Gasteiger partial charge in [0.1, 0.15) is 0 Å². The van der Waals surface area contributed by atoms with Crippen molar-refractivity contribution in [1.29, 1.82) is 0 Å². The summed E-state index contributed by atoms with van der Waals surface area (Å²) in [5.41, 5.74) is 3.63. The van der Waals surface area contributed by atoms with Gasteiger partial charge in [-0.15, -0.1) is 0 Å². The molecule has 19 heavy (non-hydrogen) atoms. The summed E-state index contributed by atoms with van der Waals surface area (Å²) in [6.07, 6.45) is 6.28. The van der Waals surface area contributed by atoms with Crippen LogP contribution in [0, 0.1) is 0 Å². The van der Waals surface area contributed by atoms with Gasteiger partial charge < -0.3 is 4.57 Å². The summed E-state index contributed by atoms with van der Waals surface area (Å²) in [5, 5.41) is 0. The average Bonchev–Trinajstić information content (AvgIpc) is 2.95. The SMILES string of the molecule is C(=Cn1cccc1-c1ccccc1)c1ccccc1. The van der Waals surface area contributed by atoms with E-state index in [4.69, 9.17) is 0 Å². The van der Waals surface area contributed by atoms with E-state index in [9.17, 15) is 0 Å². The summed E-state index contributed by atoms with van der Waals surface area (Å²) in [7, 11) is 0. The molecular formula is C18H15N. The van der Waals surface area contributed by atoms with Crippen LogP contribution in [0.3, 0.4) is 0 Å². The molecular weight excluding hydrogens is 230 g/mol. The van der Waals surface area contributed by atoms with Crippen LogP contribution in [0.1, 0.15) is 5.56 Å². The van der Waals surface area contributed by atoms with Gasteiger partial charge in [0.15, 0.2) is 0 Å². The first kappa shape index (κ1) is 11.5. The zero-order chi connectivity index (χ0) is 12.9. The van der Waals surface area contributed by atoms with E-state index >= 15 is 0 Å². The van der Waals surface area contributed by atoms with Crippen LogP contribution in [0.5, 0.6) is 0 Å². The number of hydrogen-bond acceptors (Lipinski definition) is 0. The van der Waals surface area contributed by atoms with Crippen LogP contribution >= 0.6 is 0 Å². The molecule has 0 radical (unpaired) electrons. The molecule has 2 aromatic carbocycles. The maximum atomic E-state index is 2.14. The average molecular weight is 245 g/mol. The molecule has 0 atom stereocenters. The van der Waals surface area contributed by atoms with E-state index in [1.807, 2.05) is 24.3 Å². The second-order valence-corrected chi connectivity index (χ2v) is 4.39. The number of benzene rings is 2. The van der Waals surface area contributed by atoms with Crippen LogP contribution in [0.15, 0.2) is 79.0 Å². The first-order valence-electron chi connectivity index (χ1n) is 6.39. The summed E-state index contributed by atoms with van der Waals surface area (Å²) >= 11 is 0. The Kier molecular flexibility index (Phi) is 3.28. The Morgan fingerprint density at radius 3 is 2.11 bits per heavy atom. The van der Waals surface area contributed by atoms with E-state index in [1.54, 1.807) is 0 Å². The van der Waals surface area contributed by atoms with Crippen LogP contribution in [0.2, 0.25) is 0 Å². The van der Waals surface area contributed by atoms with Crippen molar-refractivity contribution in [2.75, 3.05) is 0 Å². The number of aromatic nitrogens is 1. The minimum Gasteiger partial charge on any atom is -0.323 e. The number of hydrogen-bond donors (Lipinski definition) is 0. The van der Waals surface area contributed by atoms with Crippen molar-refractivity contribution in [2.24, 2.45) is 0 Å². The Bertz CT molecular complexity index is 663. The monoisotopic (exact) mass is 245 g/mol. The Balaban J connectivity index is 1.91. The lowest BCUT2D eigenvalue weighted by Crippen LogP contribution is -1.87. The number of nitrogens with zero attached hydrogens (tertiary/aromatic N) is 1. The Labute approximate surface area is 113 Å². The van der Waals surface area contributed by atoms with Gasteiger partial charge in [0.2, 0.25) is 0 Å². The molecule has 0 aliphatic heterocycles. The lowest BCUT2D eigenvalue weighted by molar-refractivity contribution is 1.18. The normalized spacial score (nSPS) is 10.9. The summed E-state index contributed by atoms with van der Waals surface area (Å²) in [6, 6.07) is 24.9. The standard InChI is InChI=1S/C18H15N/c1-3-8-16(9-4-1)13-15-19-14-7-12-18(19)17-10-5-2-6-11-17/h1-15H. The molecule has 0 saturated heterocycles. The van der Waals surface area contributed by atoms with Crippen LogP contribution in [-0.4, -0.2) is 4.57 Å². The summed E-state index contributed by atoms with van der Waals surface area (Å²) in [4.78, 5) is 0. The predicted octanol–water partition coefficient (Wildman–Crippen LogP) is 4.78. The van der Waals surface area contributed by atoms with Gasteiger partial charge in [-0.05, 0) is 29.3 Å². The fourth-order valence-corrected chi connectivity index (χ4v) is 2.11. The molecule has 1 heterocycles. The predicted molar refractivity (Wildman–Crippen MR) is 81.5 cm³/mol. The third-order valence-electron chi connectivity index (χ3n) is 3.08. The molecule has 1 nitrogen and oxygen atoms in total. The van der Waals surface area contributed by atoms with Gasteiger partial charge in [-0.2, -0.15) is 0 Å². The molecule has 1 heteroatoms.